The van der Waals surface area contributed by atoms with Gasteiger partial charge in [0.05, 0.1) is 4.90 Å². The number of benzene rings is 2. The SMILES string of the molecule is Cc1ccc(Nc2ccnc(Nc3ccc(S(=O)(=O)N(CCN)C4CCNCC4)cc3)n2)cc1. The Morgan fingerprint density at radius 2 is 1.65 bits per heavy atom. The predicted molar refractivity (Wildman–Crippen MR) is 135 cm³/mol. The molecule has 180 valence electrons. The number of hydrogen-bond donors (Lipinski definition) is 4. The van der Waals surface area contributed by atoms with Crippen molar-refractivity contribution < 1.29 is 8.42 Å². The first-order valence-corrected chi connectivity index (χ1v) is 12.9. The Balaban J connectivity index is 1.46. The van der Waals surface area contributed by atoms with Crippen molar-refractivity contribution in [3.8, 4) is 0 Å². The molecule has 0 unspecified atom stereocenters. The fourth-order valence-corrected chi connectivity index (χ4v) is 5.67. The molecule has 0 aliphatic carbocycles. The van der Waals surface area contributed by atoms with Crippen LogP contribution in [0.25, 0.3) is 0 Å². The number of aryl methyl sites for hydroxylation is 1. The molecule has 34 heavy (non-hydrogen) atoms. The van der Waals surface area contributed by atoms with Gasteiger partial charge in [-0.1, -0.05) is 17.7 Å². The van der Waals surface area contributed by atoms with Gasteiger partial charge in [-0.15, -0.1) is 0 Å². The van der Waals surface area contributed by atoms with Gasteiger partial charge < -0.3 is 21.7 Å². The summed E-state index contributed by atoms with van der Waals surface area (Å²) in [6.07, 6.45) is 3.22. The summed E-state index contributed by atoms with van der Waals surface area (Å²) in [6.45, 7) is 4.24. The fourth-order valence-electron chi connectivity index (χ4n) is 3.97. The number of anilines is 4. The minimum atomic E-state index is -3.64. The Labute approximate surface area is 200 Å². The molecule has 2 aromatic carbocycles. The summed E-state index contributed by atoms with van der Waals surface area (Å²) in [5.41, 5.74) is 8.55. The van der Waals surface area contributed by atoms with Crippen molar-refractivity contribution in [1.82, 2.24) is 19.6 Å². The minimum absolute atomic E-state index is 0.0372. The lowest BCUT2D eigenvalue weighted by molar-refractivity contribution is 0.266. The molecule has 1 saturated heterocycles. The van der Waals surface area contributed by atoms with Crippen LogP contribution in [0, 0.1) is 6.92 Å². The van der Waals surface area contributed by atoms with Crippen LogP contribution in [0.5, 0.6) is 0 Å². The molecule has 0 radical (unpaired) electrons. The first kappa shape index (κ1) is 24.1. The molecule has 1 aliphatic heterocycles. The third kappa shape index (κ3) is 5.89. The number of piperidine rings is 1. The van der Waals surface area contributed by atoms with Crippen LogP contribution in [0.3, 0.4) is 0 Å². The highest BCUT2D eigenvalue weighted by atomic mass is 32.2. The number of sulfonamides is 1. The van der Waals surface area contributed by atoms with E-state index in [1.165, 1.54) is 5.56 Å². The van der Waals surface area contributed by atoms with E-state index in [1.807, 2.05) is 31.2 Å². The monoisotopic (exact) mass is 481 g/mol. The maximum atomic E-state index is 13.3. The largest absolute Gasteiger partial charge is 0.340 e. The molecular formula is C24H31N7O2S. The molecule has 1 aromatic heterocycles. The van der Waals surface area contributed by atoms with E-state index in [0.29, 0.717) is 24.0 Å². The van der Waals surface area contributed by atoms with Crippen LogP contribution in [0.1, 0.15) is 18.4 Å². The molecule has 0 spiro atoms. The fraction of sp³-hybridized carbons (Fsp3) is 0.333. The lowest BCUT2D eigenvalue weighted by Crippen LogP contribution is -2.47. The van der Waals surface area contributed by atoms with Crippen molar-refractivity contribution in [2.45, 2.75) is 30.7 Å². The molecular weight excluding hydrogens is 450 g/mol. The second kappa shape index (κ2) is 10.9. The Morgan fingerprint density at radius 1 is 1.00 bits per heavy atom. The molecule has 2 heterocycles. The summed E-state index contributed by atoms with van der Waals surface area (Å²) in [6, 6.07) is 16.4. The van der Waals surface area contributed by atoms with Gasteiger partial charge in [-0.2, -0.15) is 9.29 Å². The standard InChI is InChI=1S/C24H31N7O2S/c1-18-2-4-19(5-3-18)28-23-12-16-27-24(30-23)29-20-6-8-22(9-7-20)34(32,33)31(17-13-25)21-10-14-26-15-11-21/h2-9,12,16,21,26H,10-11,13-15,17,25H2,1H3,(H2,27,28,29,30). The van der Waals surface area contributed by atoms with Crippen molar-refractivity contribution >= 4 is 33.2 Å². The quantitative estimate of drug-likeness (QED) is 0.368. The zero-order valence-electron chi connectivity index (χ0n) is 19.2. The van der Waals surface area contributed by atoms with Gasteiger partial charge in [0, 0.05) is 36.7 Å². The summed E-state index contributed by atoms with van der Waals surface area (Å²) in [4.78, 5) is 9.01. The average Bonchev–Trinajstić information content (AvgIpc) is 2.85. The van der Waals surface area contributed by atoms with Crippen LogP contribution in [0.2, 0.25) is 0 Å². The molecule has 3 aromatic rings. The minimum Gasteiger partial charge on any atom is -0.340 e. The van der Waals surface area contributed by atoms with Crippen molar-refractivity contribution in [2.75, 3.05) is 36.8 Å². The maximum absolute atomic E-state index is 13.3. The Bertz CT molecular complexity index is 1180. The van der Waals surface area contributed by atoms with Crippen LogP contribution >= 0.6 is 0 Å². The van der Waals surface area contributed by atoms with E-state index >= 15 is 0 Å². The van der Waals surface area contributed by atoms with E-state index in [0.717, 1.165) is 31.6 Å². The number of aromatic nitrogens is 2. The van der Waals surface area contributed by atoms with Crippen molar-refractivity contribution in [1.29, 1.82) is 0 Å². The topological polar surface area (TPSA) is 125 Å². The van der Waals surface area contributed by atoms with E-state index in [9.17, 15) is 8.42 Å². The van der Waals surface area contributed by atoms with Gasteiger partial charge >= 0.3 is 0 Å². The number of nitrogens with two attached hydrogens (primary N) is 1. The molecule has 0 atom stereocenters. The van der Waals surface area contributed by atoms with Gasteiger partial charge in [0.1, 0.15) is 5.82 Å². The van der Waals surface area contributed by atoms with Gasteiger partial charge in [-0.3, -0.25) is 0 Å². The van der Waals surface area contributed by atoms with E-state index in [2.05, 4.69) is 25.9 Å². The van der Waals surface area contributed by atoms with Gasteiger partial charge in [0.25, 0.3) is 0 Å². The first-order valence-electron chi connectivity index (χ1n) is 11.4. The third-order valence-corrected chi connectivity index (χ3v) is 7.73. The van der Waals surface area contributed by atoms with Crippen LogP contribution in [0.4, 0.5) is 23.1 Å². The highest BCUT2D eigenvalue weighted by Gasteiger charge is 2.31. The maximum Gasteiger partial charge on any atom is 0.243 e. The van der Waals surface area contributed by atoms with E-state index in [4.69, 9.17) is 5.73 Å². The molecule has 1 fully saturated rings. The van der Waals surface area contributed by atoms with Crippen LogP contribution in [0.15, 0.2) is 65.7 Å². The molecule has 1 aliphatic rings. The molecule has 9 nitrogen and oxygen atoms in total. The normalized spacial score (nSPS) is 14.8. The van der Waals surface area contributed by atoms with E-state index < -0.39 is 10.0 Å². The first-order chi connectivity index (χ1) is 16.5. The Morgan fingerprint density at radius 3 is 2.32 bits per heavy atom. The van der Waals surface area contributed by atoms with Crippen molar-refractivity contribution in [2.24, 2.45) is 5.73 Å². The lowest BCUT2D eigenvalue weighted by atomic mass is 10.1. The second-order valence-electron chi connectivity index (χ2n) is 8.29. The molecule has 0 amide bonds. The summed E-state index contributed by atoms with van der Waals surface area (Å²) < 4.78 is 28.2. The summed E-state index contributed by atoms with van der Waals surface area (Å²) in [7, 11) is -3.64. The third-order valence-electron chi connectivity index (χ3n) is 5.76. The smallest absolute Gasteiger partial charge is 0.243 e. The van der Waals surface area contributed by atoms with E-state index in [-0.39, 0.29) is 17.5 Å². The zero-order chi connectivity index (χ0) is 24.0. The Kier molecular flexibility index (Phi) is 7.73. The van der Waals surface area contributed by atoms with Crippen molar-refractivity contribution in [3.05, 3.63) is 66.4 Å². The van der Waals surface area contributed by atoms with Gasteiger partial charge in [0.2, 0.25) is 16.0 Å². The molecule has 5 N–H and O–H groups in total. The van der Waals surface area contributed by atoms with Gasteiger partial charge in [-0.05, 0) is 75.3 Å². The molecule has 10 heteroatoms. The molecule has 0 saturated carbocycles. The summed E-state index contributed by atoms with van der Waals surface area (Å²) in [5.74, 6) is 1.06. The lowest BCUT2D eigenvalue weighted by Gasteiger charge is -2.33. The average molecular weight is 482 g/mol. The van der Waals surface area contributed by atoms with Crippen molar-refractivity contribution in [3.63, 3.8) is 0 Å². The van der Waals surface area contributed by atoms with E-state index in [1.54, 1.807) is 40.8 Å². The zero-order valence-corrected chi connectivity index (χ0v) is 20.1. The highest BCUT2D eigenvalue weighted by molar-refractivity contribution is 7.89. The summed E-state index contributed by atoms with van der Waals surface area (Å²) in [5, 5.41) is 9.66. The molecule has 0 bridgehead atoms. The predicted octanol–water partition coefficient (Wildman–Crippen LogP) is 2.97. The van der Waals surface area contributed by atoms with Crippen LogP contribution < -0.4 is 21.7 Å². The van der Waals surface area contributed by atoms with Crippen LogP contribution in [-0.2, 0) is 10.0 Å². The number of hydrogen-bond acceptors (Lipinski definition) is 8. The number of rotatable bonds is 9. The van der Waals surface area contributed by atoms with Gasteiger partial charge in [-0.25, -0.2) is 13.4 Å². The summed E-state index contributed by atoms with van der Waals surface area (Å²) >= 11 is 0. The van der Waals surface area contributed by atoms with Gasteiger partial charge in [0.15, 0.2) is 0 Å². The highest BCUT2D eigenvalue weighted by Crippen LogP contribution is 2.24. The number of nitrogens with one attached hydrogen (secondary N) is 3. The van der Waals surface area contributed by atoms with Crippen LogP contribution in [-0.4, -0.2) is 54.9 Å². The number of nitrogens with zero attached hydrogens (tertiary/aromatic N) is 3. The second-order valence-corrected chi connectivity index (χ2v) is 10.2. The molecule has 4 rings (SSSR count). The Hall–Kier alpha value is -3.05.